The molecule has 0 radical (unpaired) electrons. The predicted octanol–water partition coefficient (Wildman–Crippen LogP) is 2.01. The van der Waals surface area contributed by atoms with Gasteiger partial charge in [0.1, 0.15) is 6.10 Å². The minimum atomic E-state index is -1.09. The van der Waals surface area contributed by atoms with Crippen LogP contribution in [-0.2, 0) is 42.7 Å². The number of cyclic esters (lactones) is 1. The number of rotatable bonds is 6. The Morgan fingerprint density at radius 1 is 1.21 bits per heavy atom. The van der Waals surface area contributed by atoms with Crippen molar-refractivity contribution in [2.45, 2.75) is 59.5 Å². The van der Waals surface area contributed by atoms with E-state index in [0.717, 1.165) is 0 Å². The van der Waals surface area contributed by atoms with Gasteiger partial charge in [-0.25, -0.2) is 9.59 Å². The third-order valence-corrected chi connectivity index (χ3v) is 3.73. The van der Waals surface area contributed by atoms with E-state index in [1.807, 2.05) is 0 Å². The lowest BCUT2D eigenvalue weighted by atomic mass is 9.98. The van der Waals surface area contributed by atoms with Crippen LogP contribution in [0.5, 0.6) is 0 Å². The summed E-state index contributed by atoms with van der Waals surface area (Å²) in [6.45, 7) is 9.70. The molecule has 2 heterocycles. The van der Waals surface area contributed by atoms with Gasteiger partial charge >= 0.3 is 18.1 Å². The minimum absolute atomic E-state index is 0.0533. The summed E-state index contributed by atoms with van der Waals surface area (Å²) in [5, 5.41) is 0. The van der Waals surface area contributed by atoms with Gasteiger partial charge in [-0.05, 0) is 41.5 Å². The molecule has 0 unspecified atom stereocenters. The van der Waals surface area contributed by atoms with Crippen LogP contribution in [0.25, 0.3) is 0 Å². The van der Waals surface area contributed by atoms with Crippen molar-refractivity contribution in [3.05, 3.63) is 11.5 Å². The monoisotopic (exact) mass is 402 g/mol. The first kappa shape index (κ1) is 22.0. The van der Waals surface area contributed by atoms with Gasteiger partial charge < -0.3 is 33.2 Å². The Balaban J connectivity index is 2.18. The average molecular weight is 402 g/mol. The molecular weight excluding hydrogens is 376 g/mol. The Bertz CT molecular complexity index is 658. The summed E-state index contributed by atoms with van der Waals surface area (Å²) in [7, 11) is 0. The van der Waals surface area contributed by atoms with E-state index >= 15 is 0 Å². The lowest BCUT2D eigenvalue weighted by Crippen LogP contribution is -2.34. The molecule has 0 spiro atoms. The maximum atomic E-state index is 12.2. The van der Waals surface area contributed by atoms with Crippen LogP contribution in [0, 0.1) is 5.41 Å². The van der Waals surface area contributed by atoms with E-state index in [1.165, 1.54) is 0 Å². The van der Waals surface area contributed by atoms with Crippen molar-refractivity contribution in [2.24, 2.45) is 5.41 Å². The van der Waals surface area contributed by atoms with Gasteiger partial charge in [0.25, 0.3) is 5.76 Å². The van der Waals surface area contributed by atoms with E-state index in [9.17, 15) is 14.4 Å². The van der Waals surface area contributed by atoms with Gasteiger partial charge in [-0.1, -0.05) is 0 Å². The van der Waals surface area contributed by atoms with Gasteiger partial charge in [0.2, 0.25) is 6.79 Å². The molecule has 2 atom stereocenters. The molecule has 0 amide bonds. The number of hydrogen-bond donors (Lipinski definition) is 0. The Kier molecular flexibility index (Phi) is 6.56. The van der Waals surface area contributed by atoms with Crippen LogP contribution in [0.1, 0.15) is 41.5 Å². The zero-order chi connectivity index (χ0) is 21.1. The second-order valence-electron chi connectivity index (χ2n) is 7.62. The molecule has 0 bridgehead atoms. The summed E-state index contributed by atoms with van der Waals surface area (Å²) in [6.07, 6.45) is -2.82. The fourth-order valence-electron chi connectivity index (χ4n) is 2.39. The maximum absolute atomic E-state index is 12.2. The molecule has 10 nitrogen and oxygen atoms in total. The van der Waals surface area contributed by atoms with Crippen LogP contribution < -0.4 is 0 Å². The fraction of sp³-hybridized carbons (Fsp3) is 0.722. The molecule has 0 aliphatic carbocycles. The standard InChI is InChI=1S/C18H26O10/c1-7-22-16(21)27-13-12(23-9-24-15(20)17(2,3)4)11(26-14(13)19)10-8-25-18(5,6)28-10/h10-11H,7-9H2,1-6H3/t10-,11+/m0/s1. The molecule has 10 heteroatoms. The fourth-order valence-corrected chi connectivity index (χ4v) is 2.39. The molecule has 28 heavy (non-hydrogen) atoms. The first-order chi connectivity index (χ1) is 12.9. The highest BCUT2D eigenvalue weighted by atomic mass is 16.8. The van der Waals surface area contributed by atoms with E-state index in [-0.39, 0.29) is 19.0 Å². The Labute approximate surface area is 163 Å². The summed E-state index contributed by atoms with van der Waals surface area (Å²) in [5.74, 6) is -2.94. The maximum Gasteiger partial charge on any atom is 0.514 e. The largest absolute Gasteiger partial charge is 0.514 e. The summed E-state index contributed by atoms with van der Waals surface area (Å²) in [4.78, 5) is 35.8. The molecule has 2 aliphatic heterocycles. The summed E-state index contributed by atoms with van der Waals surface area (Å²) in [6, 6.07) is 0. The van der Waals surface area contributed by atoms with E-state index in [4.69, 9.17) is 28.4 Å². The van der Waals surface area contributed by atoms with E-state index in [2.05, 4.69) is 4.74 Å². The summed E-state index contributed by atoms with van der Waals surface area (Å²) in [5.41, 5.74) is -0.740. The highest BCUT2D eigenvalue weighted by Crippen LogP contribution is 2.34. The third-order valence-electron chi connectivity index (χ3n) is 3.73. The molecule has 0 N–H and O–H groups in total. The van der Waals surface area contributed by atoms with Crippen molar-refractivity contribution < 1.29 is 47.5 Å². The number of hydrogen-bond acceptors (Lipinski definition) is 10. The quantitative estimate of drug-likeness (QED) is 0.371. The van der Waals surface area contributed by atoms with Crippen molar-refractivity contribution in [1.29, 1.82) is 0 Å². The zero-order valence-corrected chi connectivity index (χ0v) is 16.9. The smallest absolute Gasteiger partial charge is 0.453 e. The molecule has 158 valence electrons. The second-order valence-corrected chi connectivity index (χ2v) is 7.62. The van der Waals surface area contributed by atoms with Crippen LogP contribution in [0.15, 0.2) is 11.5 Å². The molecule has 0 aromatic carbocycles. The molecule has 0 aromatic rings. The second kappa shape index (κ2) is 8.36. The predicted molar refractivity (Wildman–Crippen MR) is 91.4 cm³/mol. The highest BCUT2D eigenvalue weighted by Gasteiger charge is 2.49. The van der Waals surface area contributed by atoms with E-state index in [0.29, 0.717) is 0 Å². The molecule has 0 aromatic heterocycles. The van der Waals surface area contributed by atoms with Crippen molar-refractivity contribution in [1.82, 2.24) is 0 Å². The summed E-state index contributed by atoms with van der Waals surface area (Å²) < 4.78 is 36.5. The van der Waals surface area contributed by atoms with E-state index < -0.39 is 54.1 Å². The number of carbonyl (C=O) groups excluding carboxylic acids is 3. The van der Waals surface area contributed by atoms with Crippen molar-refractivity contribution in [2.75, 3.05) is 20.0 Å². The van der Waals surface area contributed by atoms with Crippen LogP contribution in [-0.4, -0.2) is 56.1 Å². The Morgan fingerprint density at radius 2 is 1.89 bits per heavy atom. The topological polar surface area (TPSA) is 116 Å². The van der Waals surface area contributed by atoms with Gasteiger partial charge in [-0.15, -0.1) is 0 Å². The zero-order valence-electron chi connectivity index (χ0n) is 16.9. The van der Waals surface area contributed by atoms with Crippen LogP contribution in [0.4, 0.5) is 4.79 Å². The first-order valence-corrected chi connectivity index (χ1v) is 8.86. The highest BCUT2D eigenvalue weighted by molar-refractivity contribution is 5.91. The molecule has 1 fully saturated rings. The van der Waals surface area contributed by atoms with E-state index in [1.54, 1.807) is 41.5 Å². The normalized spacial score (nSPS) is 24.0. The third kappa shape index (κ3) is 5.35. The lowest BCUT2D eigenvalue weighted by molar-refractivity contribution is -0.170. The van der Waals surface area contributed by atoms with Gasteiger partial charge in [-0.3, -0.25) is 4.79 Å². The minimum Gasteiger partial charge on any atom is -0.453 e. The Morgan fingerprint density at radius 3 is 2.43 bits per heavy atom. The average Bonchev–Trinajstić information content (AvgIpc) is 3.07. The SMILES string of the molecule is CCOC(=O)OC1=C(OCOC(=O)C(C)(C)C)[C@@H]([C@@H]2COC(C)(C)O2)OC1=O. The molecule has 2 rings (SSSR count). The number of esters is 2. The van der Waals surface area contributed by atoms with Gasteiger partial charge in [0.15, 0.2) is 17.7 Å². The van der Waals surface area contributed by atoms with Gasteiger partial charge in [0, 0.05) is 0 Å². The number of carbonyl (C=O) groups is 3. The Hall–Kier alpha value is -2.33. The van der Waals surface area contributed by atoms with Crippen LogP contribution >= 0.6 is 0 Å². The molecule has 1 saturated heterocycles. The molecular formula is C18H26O10. The van der Waals surface area contributed by atoms with Crippen LogP contribution in [0.2, 0.25) is 0 Å². The van der Waals surface area contributed by atoms with Gasteiger partial charge in [0.05, 0.1) is 18.6 Å². The molecule has 0 saturated carbocycles. The van der Waals surface area contributed by atoms with Crippen LogP contribution in [0.3, 0.4) is 0 Å². The summed E-state index contributed by atoms with van der Waals surface area (Å²) >= 11 is 0. The first-order valence-electron chi connectivity index (χ1n) is 8.86. The van der Waals surface area contributed by atoms with Gasteiger partial charge in [-0.2, -0.15) is 0 Å². The van der Waals surface area contributed by atoms with Crippen molar-refractivity contribution in [3.63, 3.8) is 0 Å². The molecule has 2 aliphatic rings. The van der Waals surface area contributed by atoms with Crippen molar-refractivity contribution in [3.8, 4) is 0 Å². The van der Waals surface area contributed by atoms with Crippen molar-refractivity contribution >= 4 is 18.1 Å². The number of ether oxygens (including phenoxy) is 7. The lowest BCUT2D eigenvalue weighted by Gasteiger charge is -2.22.